The van der Waals surface area contributed by atoms with Crippen molar-refractivity contribution in [3.05, 3.63) is 28.2 Å². The second-order valence-corrected chi connectivity index (χ2v) is 5.37. The van der Waals surface area contributed by atoms with E-state index in [1.54, 1.807) is 0 Å². The molecule has 0 aliphatic carbocycles. The van der Waals surface area contributed by atoms with Crippen LogP contribution in [0, 0.1) is 0 Å². The Morgan fingerprint density at radius 1 is 1.59 bits per heavy atom. The van der Waals surface area contributed by atoms with Crippen LogP contribution in [-0.2, 0) is 0 Å². The maximum atomic E-state index is 8.93. The van der Waals surface area contributed by atoms with Crippen LogP contribution < -0.4 is 10.1 Å². The van der Waals surface area contributed by atoms with Gasteiger partial charge in [0.05, 0.1) is 6.61 Å². The molecule has 4 heteroatoms. The van der Waals surface area contributed by atoms with Crippen LogP contribution in [0.5, 0.6) is 5.75 Å². The third kappa shape index (κ3) is 3.21. The summed E-state index contributed by atoms with van der Waals surface area (Å²) in [5, 5.41) is 12.5. The quantitative estimate of drug-likeness (QED) is 0.898. The highest BCUT2D eigenvalue weighted by Gasteiger charge is 2.22. The fourth-order valence-electron chi connectivity index (χ4n) is 2.16. The van der Waals surface area contributed by atoms with Gasteiger partial charge in [0.15, 0.2) is 0 Å². The summed E-state index contributed by atoms with van der Waals surface area (Å²) in [5.74, 6) is 0.966. The average molecular weight is 300 g/mol. The number of fused-ring (bicyclic) bond motifs is 1. The van der Waals surface area contributed by atoms with Crippen LogP contribution in [0.2, 0.25) is 0 Å². The molecule has 94 valence electrons. The van der Waals surface area contributed by atoms with Crippen molar-refractivity contribution in [3.8, 4) is 5.75 Å². The molecule has 3 nitrogen and oxygen atoms in total. The zero-order chi connectivity index (χ0) is 12.3. The van der Waals surface area contributed by atoms with Crippen molar-refractivity contribution in [1.82, 2.24) is 5.32 Å². The van der Waals surface area contributed by atoms with E-state index in [-0.39, 0.29) is 6.61 Å². The van der Waals surface area contributed by atoms with Crippen LogP contribution in [-0.4, -0.2) is 24.4 Å². The molecule has 2 unspecified atom stereocenters. The number of aliphatic hydroxyl groups is 1. The normalized spacial score (nSPS) is 20.5. The van der Waals surface area contributed by atoms with E-state index in [1.165, 1.54) is 5.56 Å². The maximum Gasteiger partial charge on any atom is 0.124 e. The largest absolute Gasteiger partial charge is 0.493 e. The number of aliphatic hydroxyl groups excluding tert-OH is 1. The first kappa shape index (κ1) is 12.9. The highest BCUT2D eigenvalue weighted by atomic mass is 79.9. The van der Waals surface area contributed by atoms with Gasteiger partial charge in [-0.3, -0.25) is 0 Å². The fraction of sp³-hybridized carbons (Fsp3) is 0.538. The fourth-order valence-corrected chi connectivity index (χ4v) is 2.54. The summed E-state index contributed by atoms with van der Waals surface area (Å²) in [4.78, 5) is 0. The van der Waals surface area contributed by atoms with Gasteiger partial charge in [0.1, 0.15) is 5.75 Å². The standard InChI is InChI=1S/C13H18BrNO2/c1-9(4-6-16)15-12-5-7-17-13-3-2-10(14)8-11(12)13/h2-3,8-9,12,15-16H,4-7H2,1H3. The molecule has 0 fully saturated rings. The monoisotopic (exact) mass is 299 g/mol. The molecule has 2 atom stereocenters. The Hall–Kier alpha value is -0.580. The SMILES string of the molecule is CC(CCO)NC1CCOc2ccc(Br)cc21. The van der Waals surface area contributed by atoms with Crippen molar-refractivity contribution < 1.29 is 9.84 Å². The summed E-state index contributed by atoms with van der Waals surface area (Å²) in [6.45, 7) is 3.07. The van der Waals surface area contributed by atoms with E-state index < -0.39 is 0 Å². The minimum Gasteiger partial charge on any atom is -0.493 e. The second-order valence-electron chi connectivity index (χ2n) is 4.45. The molecule has 0 amide bonds. The molecule has 1 aliphatic rings. The zero-order valence-corrected chi connectivity index (χ0v) is 11.5. The predicted octanol–water partition coefficient (Wildman–Crippen LogP) is 2.63. The van der Waals surface area contributed by atoms with Gasteiger partial charge in [-0.1, -0.05) is 15.9 Å². The topological polar surface area (TPSA) is 41.5 Å². The van der Waals surface area contributed by atoms with Crippen LogP contribution in [0.25, 0.3) is 0 Å². The number of halogens is 1. The van der Waals surface area contributed by atoms with Crippen molar-refractivity contribution in [3.63, 3.8) is 0 Å². The summed E-state index contributed by atoms with van der Waals surface area (Å²) < 4.78 is 6.71. The number of hydrogen-bond acceptors (Lipinski definition) is 3. The summed E-state index contributed by atoms with van der Waals surface area (Å²) in [6, 6.07) is 6.74. The molecule has 0 spiro atoms. The van der Waals surface area contributed by atoms with Crippen molar-refractivity contribution in [2.45, 2.75) is 31.8 Å². The van der Waals surface area contributed by atoms with Crippen LogP contribution >= 0.6 is 15.9 Å². The molecule has 0 saturated heterocycles. The summed E-state index contributed by atoms with van der Waals surface area (Å²) in [5.41, 5.74) is 1.20. The van der Waals surface area contributed by atoms with E-state index in [0.29, 0.717) is 12.1 Å². The number of benzene rings is 1. The molecule has 1 aliphatic heterocycles. The Balaban J connectivity index is 2.13. The number of ether oxygens (including phenoxy) is 1. The highest BCUT2D eigenvalue weighted by Crippen LogP contribution is 2.34. The Bertz CT molecular complexity index is 384. The van der Waals surface area contributed by atoms with Gasteiger partial charge in [0.25, 0.3) is 0 Å². The third-order valence-corrected chi connectivity index (χ3v) is 3.55. The van der Waals surface area contributed by atoms with Gasteiger partial charge in [-0.25, -0.2) is 0 Å². The summed E-state index contributed by atoms with van der Waals surface area (Å²) >= 11 is 3.49. The Kier molecular flexibility index (Phi) is 4.42. The van der Waals surface area contributed by atoms with Gasteiger partial charge in [-0.05, 0) is 31.5 Å². The molecule has 1 aromatic carbocycles. The first-order valence-electron chi connectivity index (χ1n) is 6.00. The molecule has 0 aromatic heterocycles. The van der Waals surface area contributed by atoms with Crippen molar-refractivity contribution in [2.75, 3.05) is 13.2 Å². The van der Waals surface area contributed by atoms with Gasteiger partial charge in [0.2, 0.25) is 0 Å². The molecular formula is C13H18BrNO2. The van der Waals surface area contributed by atoms with Crippen LogP contribution in [0.3, 0.4) is 0 Å². The van der Waals surface area contributed by atoms with E-state index in [0.717, 1.165) is 29.7 Å². The van der Waals surface area contributed by atoms with E-state index in [1.807, 2.05) is 12.1 Å². The molecule has 1 heterocycles. The predicted molar refractivity (Wildman–Crippen MR) is 71.3 cm³/mol. The second kappa shape index (κ2) is 5.85. The minimum atomic E-state index is 0.225. The molecule has 0 bridgehead atoms. The molecule has 0 radical (unpaired) electrons. The Morgan fingerprint density at radius 2 is 2.41 bits per heavy atom. The Labute approximate surface area is 110 Å². The average Bonchev–Trinajstić information content (AvgIpc) is 2.30. The van der Waals surface area contributed by atoms with Gasteiger partial charge in [-0.15, -0.1) is 0 Å². The lowest BCUT2D eigenvalue weighted by atomic mass is 9.99. The van der Waals surface area contributed by atoms with E-state index in [2.05, 4.69) is 34.2 Å². The van der Waals surface area contributed by atoms with Gasteiger partial charge >= 0.3 is 0 Å². The molecule has 2 N–H and O–H groups in total. The van der Waals surface area contributed by atoms with Crippen LogP contribution in [0.4, 0.5) is 0 Å². The van der Waals surface area contributed by atoms with Crippen molar-refractivity contribution >= 4 is 15.9 Å². The van der Waals surface area contributed by atoms with Crippen molar-refractivity contribution in [1.29, 1.82) is 0 Å². The lowest BCUT2D eigenvalue weighted by molar-refractivity contribution is 0.228. The minimum absolute atomic E-state index is 0.225. The summed E-state index contributed by atoms with van der Waals surface area (Å²) in [7, 11) is 0. The first-order chi connectivity index (χ1) is 8.20. The molecule has 1 aromatic rings. The van der Waals surface area contributed by atoms with Crippen LogP contribution in [0.1, 0.15) is 31.4 Å². The van der Waals surface area contributed by atoms with Gasteiger partial charge in [-0.2, -0.15) is 0 Å². The maximum absolute atomic E-state index is 8.93. The van der Waals surface area contributed by atoms with Gasteiger partial charge in [0, 0.05) is 35.1 Å². The number of rotatable bonds is 4. The highest BCUT2D eigenvalue weighted by molar-refractivity contribution is 9.10. The molecule has 17 heavy (non-hydrogen) atoms. The smallest absolute Gasteiger partial charge is 0.124 e. The van der Waals surface area contributed by atoms with Gasteiger partial charge < -0.3 is 15.2 Å². The lowest BCUT2D eigenvalue weighted by Crippen LogP contribution is -2.34. The molecule has 0 saturated carbocycles. The molecule has 2 rings (SSSR count). The first-order valence-corrected chi connectivity index (χ1v) is 6.79. The van der Waals surface area contributed by atoms with Crippen molar-refractivity contribution in [2.24, 2.45) is 0 Å². The Morgan fingerprint density at radius 3 is 3.18 bits per heavy atom. The van der Waals surface area contributed by atoms with E-state index >= 15 is 0 Å². The zero-order valence-electron chi connectivity index (χ0n) is 9.95. The summed E-state index contributed by atoms with van der Waals surface area (Å²) in [6.07, 6.45) is 1.75. The third-order valence-electron chi connectivity index (χ3n) is 3.06. The lowest BCUT2D eigenvalue weighted by Gasteiger charge is -2.29. The number of nitrogens with one attached hydrogen (secondary N) is 1. The van der Waals surface area contributed by atoms with Crippen LogP contribution in [0.15, 0.2) is 22.7 Å². The van der Waals surface area contributed by atoms with E-state index in [4.69, 9.17) is 9.84 Å². The van der Waals surface area contributed by atoms with E-state index in [9.17, 15) is 0 Å². The molecular weight excluding hydrogens is 282 g/mol. The number of hydrogen-bond donors (Lipinski definition) is 2.